The van der Waals surface area contributed by atoms with Gasteiger partial charge in [0.1, 0.15) is 0 Å². The molecule has 27 heavy (non-hydrogen) atoms. The van der Waals surface area contributed by atoms with Crippen LogP contribution in [-0.2, 0) is 16.4 Å². The van der Waals surface area contributed by atoms with Crippen LogP contribution in [0.3, 0.4) is 0 Å². The Kier molecular flexibility index (Phi) is 4.55. The highest BCUT2D eigenvalue weighted by atomic mass is 32.2. The number of hydrogen-bond donors (Lipinski definition) is 2. The van der Waals surface area contributed by atoms with Crippen LogP contribution in [0.2, 0.25) is 0 Å². The predicted molar refractivity (Wildman–Crippen MR) is 104 cm³/mol. The number of rotatable bonds is 3. The lowest BCUT2D eigenvalue weighted by Crippen LogP contribution is -2.45. The highest BCUT2D eigenvalue weighted by Gasteiger charge is 2.30. The van der Waals surface area contributed by atoms with E-state index in [9.17, 15) is 13.2 Å². The van der Waals surface area contributed by atoms with E-state index in [2.05, 4.69) is 21.0 Å². The molecule has 7 heteroatoms. The van der Waals surface area contributed by atoms with Crippen molar-refractivity contribution in [1.29, 1.82) is 0 Å². The topological polar surface area (TPSA) is 78.5 Å². The molecular weight excluding hydrogens is 362 g/mol. The molecule has 2 aliphatic rings. The lowest BCUT2D eigenvalue weighted by Gasteiger charge is -2.40. The maximum absolute atomic E-state index is 12.4. The Bertz CT molecular complexity index is 970. The van der Waals surface area contributed by atoms with E-state index in [-0.39, 0.29) is 10.9 Å². The van der Waals surface area contributed by atoms with Crippen LogP contribution < -0.4 is 14.9 Å². The van der Waals surface area contributed by atoms with Crippen LogP contribution in [0.15, 0.2) is 47.4 Å². The van der Waals surface area contributed by atoms with Crippen LogP contribution in [0.4, 0.5) is 10.5 Å². The van der Waals surface area contributed by atoms with Gasteiger partial charge < -0.3 is 10.2 Å². The molecule has 0 radical (unpaired) electrons. The number of carbonyl (C=O) groups excluding carboxylic acids is 1. The van der Waals surface area contributed by atoms with Crippen LogP contribution in [0.5, 0.6) is 0 Å². The summed E-state index contributed by atoms with van der Waals surface area (Å²) in [5.74, 6) is 0. The number of anilines is 1. The van der Waals surface area contributed by atoms with Crippen molar-refractivity contribution in [3.63, 3.8) is 0 Å². The molecular formula is C20H23N3O3S. The van der Waals surface area contributed by atoms with Crippen molar-refractivity contribution in [2.45, 2.75) is 37.1 Å². The van der Waals surface area contributed by atoms with Crippen molar-refractivity contribution in [2.24, 2.45) is 0 Å². The second kappa shape index (κ2) is 6.88. The van der Waals surface area contributed by atoms with Crippen LogP contribution in [0.1, 0.15) is 35.6 Å². The first-order chi connectivity index (χ1) is 12.9. The normalized spacial score (nSPS) is 18.6. The summed E-state index contributed by atoms with van der Waals surface area (Å²) in [6.07, 6.45) is 2.94. The molecule has 1 atom stereocenters. The van der Waals surface area contributed by atoms with Gasteiger partial charge in [0, 0.05) is 18.8 Å². The molecule has 0 saturated carbocycles. The summed E-state index contributed by atoms with van der Waals surface area (Å²) in [6, 6.07) is 11.7. The smallest absolute Gasteiger partial charge is 0.329 e. The number of nitrogens with one attached hydrogen (secondary N) is 2. The molecule has 0 spiro atoms. The lowest BCUT2D eigenvalue weighted by atomic mass is 9.89. The summed E-state index contributed by atoms with van der Waals surface area (Å²) in [5.41, 5.74) is 4.54. The monoisotopic (exact) mass is 385 g/mol. The van der Waals surface area contributed by atoms with E-state index in [0.717, 1.165) is 43.5 Å². The van der Waals surface area contributed by atoms with Gasteiger partial charge in [0.2, 0.25) is 0 Å². The van der Waals surface area contributed by atoms with Gasteiger partial charge in [0.05, 0.1) is 10.9 Å². The molecule has 2 aliphatic heterocycles. The van der Waals surface area contributed by atoms with Crippen LogP contribution in [0.25, 0.3) is 0 Å². The summed E-state index contributed by atoms with van der Waals surface area (Å²) < 4.78 is 27.0. The molecule has 6 nitrogen and oxygen atoms in total. The highest BCUT2D eigenvalue weighted by molar-refractivity contribution is 7.90. The number of nitrogens with zero attached hydrogens (tertiary/aromatic N) is 1. The van der Waals surface area contributed by atoms with Crippen molar-refractivity contribution < 1.29 is 13.2 Å². The number of urea groups is 1. The van der Waals surface area contributed by atoms with E-state index in [1.807, 2.05) is 19.1 Å². The standard InChI is InChI=1S/C20H23N3O3S/c1-14-7-9-16(10-8-14)27(25,26)22-20(24)21-18-11-13-23-12-3-5-15-4-2-6-17(18)19(15)23/h2,4,6-10,18H,3,5,11-13H2,1H3,(H2,21,22,24)/t18-/m0/s1. The zero-order chi connectivity index (χ0) is 19.0. The molecule has 0 aromatic heterocycles. The zero-order valence-electron chi connectivity index (χ0n) is 15.2. The molecule has 4 rings (SSSR count). The third kappa shape index (κ3) is 3.51. The molecule has 0 fully saturated rings. The molecule has 142 valence electrons. The summed E-state index contributed by atoms with van der Waals surface area (Å²) in [7, 11) is -3.89. The minimum atomic E-state index is -3.89. The zero-order valence-corrected chi connectivity index (χ0v) is 16.1. The van der Waals surface area contributed by atoms with Crippen molar-refractivity contribution >= 4 is 21.7 Å². The number of hydrogen-bond acceptors (Lipinski definition) is 4. The van der Waals surface area contributed by atoms with Gasteiger partial charge in [-0.1, -0.05) is 35.9 Å². The van der Waals surface area contributed by atoms with E-state index in [0.29, 0.717) is 0 Å². The molecule has 2 N–H and O–H groups in total. The molecule has 0 unspecified atom stereocenters. The van der Waals surface area contributed by atoms with Gasteiger partial charge in [-0.25, -0.2) is 17.9 Å². The lowest BCUT2D eigenvalue weighted by molar-refractivity contribution is 0.241. The van der Waals surface area contributed by atoms with E-state index in [1.165, 1.54) is 23.4 Å². The quantitative estimate of drug-likeness (QED) is 0.852. The number of aryl methyl sites for hydroxylation is 2. The van der Waals surface area contributed by atoms with Gasteiger partial charge in [-0.15, -0.1) is 0 Å². The molecule has 2 heterocycles. The Hall–Kier alpha value is -2.54. The van der Waals surface area contributed by atoms with Gasteiger partial charge in [0.25, 0.3) is 10.0 Å². The minimum absolute atomic E-state index is 0.0789. The van der Waals surface area contributed by atoms with E-state index >= 15 is 0 Å². The molecule has 0 bridgehead atoms. The fourth-order valence-electron chi connectivity index (χ4n) is 3.95. The first-order valence-corrected chi connectivity index (χ1v) is 10.7. The number of benzene rings is 2. The summed E-state index contributed by atoms with van der Waals surface area (Å²) in [4.78, 5) is 14.9. The third-order valence-corrected chi connectivity index (χ3v) is 6.61. The Morgan fingerprint density at radius 2 is 1.89 bits per heavy atom. The van der Waals surface area contributed by atoms with E-state index in [1.54, 1.807) is 12.1 Å². The maximum atomic E-state index is 12.4. The van der Waals surface area contributed by atoms with Crippen molar-refractivity contribution in [1.82, 2.24) is 10.0 Å². The van der Waals surface area contributed by atoms with Gasteiger partial charge in [0.15, 0.2) is 0 Å². The minimum Gasteiger partial charge on any atom is -0.371 e. The SMILES string of the molecule is Cc1ccc(S(=O)(=O)NC(=O)N[C@H]2CCN3CCCc4cccc2c43)cc1. The van der Waals surface area contributed by atoms with Gasteiger partial charge in [-0.3, -0.25) is 0 Å². The first-order valence-electron chi connectivity index (χ1n) is 9.21. The van der Waals surface area contributed by atoms with Crippen LogP contribution >= 0.6 is 0 Å². The van der Waals surface area contributed by atoms with Crippen molar-refractivity contribution in [2.75, 3.05) is 18.0 Å². The molecule has 0 aliphatic carbocycles. The number of amides is 2. The Labute approximate surface area is 159 Å². The molecule has 0 saturated heterocycles. The third-order valence-electron chi connectivity index (χ3n) is 5.27. The fourth-order valence-corrected chi connectivity index (χ4v) is 4.87. The fraction of sp³-hybridized carbons (Fsp3) is 0.350. The Balaban J connectivity index is 1.51. The molecule has 2 amide bonds. The maximum Gasteiger partial charge on any atom is 0.329 e. The molecule has 2 aromatic carbocycles. The van der Waals surface area contributed by atoms with E-state index < -0.39 is 16.1 Å². The van der Waals surface area contributed by atoms with Crippen molar-refractivity contribution in [3.05, 3.63) is 59.2 Å². The largest absolute Gasteiger partial charge is 0.371 e. The number of para-hydroxylation sites is 1. The van der Waals surface area contributed by atoms with Gasteiger partial charge in [-0.2, -0.15) is 0 Å². The number of sulfonamides is 1. The van der Waals surface area contributed by atoms with Gasteiger partial charge in [-0.05, 0) is 49.4 Å². The van der Waals surface area contributed by atoms with Crippen LogP contribution in [0, 0.1) is 6.92 Å². The summed E-state index contributed by atoms with van der Waals surface area (Å²) >= 11 is 0. The highest BCUT2D eigenvalue weighted by Crippen LogP contribution is 2.39. The van der Waals surface area contributed by atoms with Crippen LogP contribution in [-0.4, -0.2) is 27.5 Å². The molecule has 2 aromatic rings. The summed E-state index contributed by atoms with van der Waals surface area (Å²) in [5, 5.41) is 2.85. The van der Waals surface area contributed by atoms with Gasteiger partial charge >= 0.3 is 6.03 Å². The second-order valence-corrected chi connectivity index (χ2v) is 8.86. The Morgan fingerprint density at radius 1 is 1.11 bits per heavy atom. The number of carbonyl (C=O) groups is 1. The Morgan fingerprint density at radius 3 is 2.67 bits per heavy atom. The average Bonchev–Trinajstić information content (AvgIpc) is 2.64. The van der Waals surface area contributed by atoms with Crippen molar-refractivity contribution in [3.8, 4) is 0 Å². The second-order valence-electron chi connectivity index (χ2n) is 7.18. The first kappa shape index (κ1) is 17.9. The average molecular weight is 385 g/mol. The predicted octanol–water partition coefficient (Wildman–Crippen LogP) is 2.88. The van der Waals surface area contributed by atoms with E-state index in [4.69, 9.17) is 0 Å². The summed E-state index contributed by atoms with van der Waals surface area (Å²) in [6.45, 7) is 3.77.